The molecule has 1 aliphatic heterocycles. The maximum absolute atomic E-state index is 11.1. The summed E-state index contributed by atoms with van der Waals surface area (Å²) >= 11 is 0. The number of carbonyl (C=O) groups is 1. The molecule has 1 atom stereocenters. The van der Waals surface area contributed by atoms with Gasteiger partial charge in [0.1, 0.15) is 11.3 Å². The second-order valence-electron chi connectivity index (χ2n) is 10.4. The van der Waals surface area contributed by atoms with E-state index in [1.165, 1.54) is 23.6 Å². The standard InChI is InChI=1S/C23H19N7.C8H14N2O/c24-21-18(6-2-11-25-21)22-27-19-9-10-20(29-13-3-12-26-29)28-23(19)30(22)17-8-7-15-4-1-5-16(15)14-17;1-2-8(11)10-5-3-4-7(9)6-10/h2-3,6-14H,1,4-5H2,(H2,24,25);2,7H,1,3-6,9H2. The zero-order chi connectivity index (χ0) is 28.3. The molecule has 1 aliphatic carbocycles. The smallest absolute Gasteiger partial charge is 0.246 e. The number of hydrogen-bond acceptors (Lipinski definition) is 7. The molecule has 4 N–H and O–H groups in total. The average molecular weight is 548 g/mol. The van der Waals surface area contributed by atoms with Crippen molar-refractivity contribution < 1.29 is 4.79 Å². The molecule has 4 aromatic heterocycles. The highest BCUT2D eigenvalue weighted by atomic mass is 16.2. The Hall–Kier alpha value is -4.83. The Morgan fingerprint density at radius 1 is 1.02 bits per heavy atom. The van der Waals surface area contributed by atoms with Gasteiger partial charge in [0, 0.05) is 43.4 Å². The van der Waals surface area contributed by atoms with Crippen molar-refractivity contribution in [2.75, 3.05) is 18.8 Å². The topological polar surface area (TPSA) is 134 Å². The van der Waals surface area contributed by atoms with Gasteiger partial charge in [-0.3, -0.25) is 9.36 Å². The van der Waals surface area contributed by atoms with Gasteiger partial charge in [-0.05, 0) is 91.8 Å². The number of piperidine rings is 1. The molecule has 1 aromatic carbocycles. The molecule has 1 saturated heterocycles. The fraction of sp³-hybridized carbons (Fsp3) is 0.258. The molecular weight excluding hydrogens is 514 g/mol. The van der Waals surface area contributed by atoms with E-state index in [2.05, 4.69) is 39.4 Å². The van der Waals surface area contributed by atoms with Crippen LogP contribution in [0.1, 0.15) is 30.4 Å². The number of aromatic nitrogens is 6. The van der Waals surface area contributed by atoms with Gasteiger partial charge in [-0.15, -0.1) is 0 Å². The number of pyridine rings is 2. The minimum atomic E-state index is 0.000139. The second kappa shape index (κ2) is 11.3. The van der Waals surface area contributed by atoms with Crippen LogP contribution in [0.3, 0.4) is 0 Å². The SMILES string of the molecule is C=CC(=O)N1CCCC(N)C1.Nc1ncccc1-c1nc2ccc(-n3cccn3)nc2n1-c1ccc2c(c1)CCC2. The maximum atomic E-state index is 11.1. The quantitative estimate of drug-likeness (QED) is 0.326. The third kappa shape index (κ3) is 5.33. The summed E-state index contributed by atoms with van der Waals surface area (Å²) < 4.78 is 3.83. The molecule has 0 saturated carbocycles. The van der Waals surface area contributed by atoms with Crippen LogP contribution in [0.15, 0.2) is 79.8 Å². The number of benzene rings is 1. The lowest BCUT2D eigenvalue weighted by Crippen LogP contribution is -2.45. The number of fused-ring (bicyclic) bond motifs is 2. The lowest BCUT2D eigenvalue weighted by molar-refractivity contribution is -0.127. The zero-order valence-electron chi connectivity index (χ0n) is 22.9. The molecule has 5 aromatic rings. The van der Waals surface area contributed by atoms with Crippen LogP contribution >= 0.6 is 0 Å². The Balaban J connectivity index is 0.000000233. The number of aryl methyl sites for hydroxylation is 2. The third-order valence-corrected chi connectivity index (χ3v) is 7.59. The Bertz CT molecular complexity index is 1710. The first kappa shape index (κ1) is 26.4. The molecule has 0 bridgehead atoms. The van der Waals surface area contributed by atoms with E-state index in [1.807, 2.05) is 36.5 Å². The molecule has 5 heterocycles. The molecular formula is C31H33N9O. The summed E-state index contributed by atoms with van der Waals surface area (Å²) in [7, 11) is 0. The summed E-state index contributed by atoms with van der Waals surface area (Å²) in [6.07, 6.45) is 12.1. The molecule has 41 heavy (non-hydrogen) atoms. The zero-order valence-corrected chi connectivity index (χ0v) is 22.9. The lowest BCUT2D eigenvalue weighted by atomic mass is 10.1. The van der Waals surface area contributed by atoms with Gasteiger partial charge >= 0.3 is 0 Å². The Labute approximate surface area is 238 Å². The number of nitrogens with zero attached hydrogens (tertiary/aromatic N) is 7. The van der Waals surface area contributed by atoms with Gasteiger partial charge in [0.15, 0.2) is 17.3 Å². The molecule has 1 amide bonds. The summed E-state index contributed by atoms with van der Waals surface area (Å²) in [5.74, 6) is 1.92. The van der Waals surface area contributed by atoms with Crippen LogP contribution in [0, 0.1) is 0 Å². The van der Waals surface area contributed by atoms with Crippen LogP contribution in [0.2, 0.25) is 0 Å². The van der Waals surface area contributed by atoms with Crippen LogP contribution in [0.4, 0.5) is 5.82 Å². The monoisotopic (exact) mass is 547 g/mol. The number of hydrogen-bond donors (Lipinski definition) is 2. The van der Waals surface area contributed by atoms with Crippen LogP contribution in [0.25, 0.3) is 34.1 Å². The van der Waals surface area contributed by atoms with Crippen molar-refractivity contribution in [3.05, 3.63) is 90.9 Å². The molecule has 1 unspecified atom stereocenters. The summed E-state index contributed by atoms with van der Waals surface area (Å²) in [5.41, 5.74) is 18.1. The highest BCUT2D eigenvalue weighted by molar-refractivity contribution is 5.87. The number of imidazole rings is 1. The van der Waals surface area contributed by atoms with E-state index < -0.39 is 0 Å². The van der Waals surface area contributed by atoms with E-state index in [0.717, 1.165) is 66.3 Å². The van der Waals surface area contributed by atoms with Crippen molar-refractivity contribution in [2.24, 2.45) is 5.73 Å². The molecule has 10 heteroatoms. The number of carbonyl (C=O) groups excluding carboxylic acids is 1. The van der Waals surface area contributed by atoms with Gasteiger partial charge in [-0.25, -0.2) is 19.6 Å². The van der Waals surface area contributed by atoms with Gasteiger partial charge < -0.3 is 16.4 Å². The van der Waals surface area contributed by atoms with Crippen LogP contribution in [-0.4, -0.2) is 59.2 Å². The van der Waals surface area contributed by atoms with Gasteiger partial charge in [0.25, 0.3) is 0 Å². The minimum absolute atomic E-state index is 0.000139. The van der Waals surface area contributed by atoms with Crippen LogP contribution in [-0.2, 0) is 17.6 Å². The largest absolute Gasteiger partial charge is 0.383 e. The number of anilines is 1. The predicted octanol–water partition coefficient (Wildman–Crippen LogP) is 3.86. The molecule has 1 fully saturated rings. The number of nitrogen functional groups attached to an aromatic ring is 1. The van der Waals surface area contributed by atoms with E-state index in [-0.39, 0.29) is 11.9 Å². The van der Waals surface area contributed by atoms with Crippen molar-refractivity contribution in [2.45, 2.75) is 38.1 Å². The van der Waals surface area contributed by atoms with Gasteiger partial charge in [0.05, 0.1) is 5.56 Å². The fourth-order valence-corrected chi connectivity index (χ4v) is 5.55. The van der Waals surface area contributed by atoms with Gasteiger partial charge in [-0.1, -0.05) is 12.6 Å². The molecule has 2 aliphatic rings. The van der Waals surface area contributed by atoms with E-state index in [4.69, 9.17) is 21.4 Å². The number of nitrogens with two attached hydrogens (primary N) is 2. The van der Waals surface area contributed by atoms with E-state index in [0.29, 0.717) is 12.4 Å². The van der Waals surface area contributed by atoms with Crippen molar-refractivity contribution in [3.8, 4) is 22.9 Å². The van der Waals surface area contributed by atoms with Crippen molar-refractivity contribution in [1.29, 1.82) is 0 Å². The molecule has 0 radical (unpaired) electrons. The van der Waals surface area contributed by atoms with Crippen LogP contribution in [0.5, 0.6) is 0 Å². The summed E-state index contributed by atoms with van der Waals surface area (Å²) in [4.78, 5) is 26.9. The van der Waals surface area contributed by atoms with Crippen molar-refractivity contribution in [1.82, 2.24) is 34.2 Å². The first-order chi connectivity index (χ1) is 20.0. The molecule has 208 valence electrons. The minimum Gasteiger partial charge on any atom is -0.383 e. The first-order valence-corrected chi connectivity index (χ1v) is 13.9. The average Bonchev–Trinajstić information content (AvgIpc) is 3.76. The van der Waals surface area contributed by atoms with Crippen LogP contribution < -0.4 is 11.5 Å². The Morgan fingerprint density at radius 3 is 2.68 bits per heavy atom. The first-order valence-electron chi connectivity index (χ1n) is 13.9. The Morgan fingerprint density at radius 2 is 1.90 bits per heavy atom. The maximum Gasteiger partial charge on any atom is 0.246 e. The van der Waals surface area contributed by atoms with Crippen molar-refractivity contribution in [3.63, 3.8) is 0 Å². The van der Waals surface area contributed by atoms with E-state index in [1.54, 1.807) is 22.0 Å². The molecule has 7 rings (SSSR count). The lowest BCUT2D eigenvalue weighted by Gasteiger charge is -2.29. The molecule has 10 nitrogen and oxygen atoms in total. The highest BCUT2D eigenvalue weighted by Gasteiger charge is 2.21. The predicted molar refractivity (Wildman–Crippen MR) is 160 cm³/mol. The number of amides is 1. The summed E-state index contributed by atoms with van der Waals surface area (Å²) in [5, 5.41) is 4.32. The molecule has 0 spiro atoms. The summed E-state index contributed by atoms with van der Waals surface area (Å²) in [6, 6.07) is 16.4. The normalized spacial score (nSPS) is 16.2. The second-order valence-corrected chi connectivity index (χ2v) is 10.4. The van der Waals surface area contributed by atoms with Gasteiger partial charge in [0.2, 0.25) is 5.91 Å². The third-order valence-electron chi connectivity index (χ3n) is 7.59. The van der Waals surface area contributed by atoms with Gasteiger partial charge in [-0.2, -0.15) is 5.10 Å². The van der Waals surface area contributed by atoms with E-state index >= 15 is 0 Å². The number of rotatable bonds is 4. The highest BCUT2D eigenvalue weighted by Crippen LogP contribution is 2.32. The van der Waals surface area contributed by atoms with Crippen molar-refractivity contribution >= 4 is 22.9 Å². The summed E-state index contributed by atoms with van der Waals surface area (Å²) in [6.45, 7) is 4.95. The fourth-order valence-electron chi connectivity index (χ4n) is 5.55. The van der Waals surface area contributed by atoms with E-state index in [9.17, 15) is 4.79 Å². The number of likely N-dealkylation sites (tertiary alicyclic amines) is 1. The Kier molecular flexibility index (Phi) is 7.30.